The second kappa shape index (κ2) is 7.77. The number of aliphatic carboxylic acids is 1. The monoisotopic (exact) mass is 428 g/mol. The van der Waals surface area contributed by atoms with Crippen molar-refractivity contribution in [2.45, 2.75) is 40.0 Å². The number of hydrogen-bond acceptors (Lipinski definition) is 3. The topological polar surface area (TPSA) is 63.6 Å². The predicted octanol–water partition coefficient (Wildman–Crippen LogP) is 5.94. The number of carboxylic acid groups (broad SMARTS) is 1. The van der Waals surface area contributed by atoms with E-state index in [4.69, 9.17) is 4.74 Å². The lowest BCUT2D eigenvalue weighted by molar-refractivity contribution is -0.152. The molecule has 4 atom stereocenters. The fraction of sp³-hybridized carbons (Fsp3) is 0.357. The minimum atomic E-state index is -0.905. The van der Waals surface area contributed by atoms with E-state index in [-0.39, 0.29) is 11.8 Å². The third kappa shape index (κ3) is 3.04. The molecule has 0 spiro atoms. The molecule has 0 saturated heterocycles. The van der Waals surface area contributed by atoms with Gasteiger partial charge in [0.15, 0.2) is 0 Å². The van der Waals surface area contributed by atoms with E-state index in [0.717, 1.165) is 51.9 Å². The fourth-order valence-corrected chi connectivity index (χ4v) is 6.02. The predicted molar refractivity (Wildman–Crippen MR) is 126 cm³/mol. The van der Waals surface area contributed by atoms with Gasteiger partial charge in [0.05, 0.1) is 11.8 Å². The Hall–Kier alpha value is -3.14. The van der Waals surface area contributed by atoms with Crippen molar-refractivity contribution in [2.75, 3.05) is 0 Å². The third-order valence-electron chi connectivity index (χ3n) is 7.54. The molecule has 0 aromatic heterocycles. The maximum atomic E-state index is 13.6. The first-order valence-corrected chi connectivity index (χ1v) is 11.5. The number of carboxylic acids is 1. The average molecular weight is 429 g/mol. The van der Waals surface area contributed by atoms with Crippen molar-refractivity contribution in [1.82, 2.24) is 0 Å². The number of rotatable bonds is 5. The van der Waals surface area contributed by atoms with Gasteiger partial charge in [-0.1, -0.05) is 61.9 Å². The summed E-state index contributed by atoms with van der Waals surface area (Å²) in [6.07, 6.45) is 4.48. The SMILES string of the molecule is CCc1cccc2c(OC(=O)C3C4C=C(C)C(C4)C3C(=O)O)c3c(CC)cccc3cc12. The van der Waals surface area contributed by atoms with Gasteiger partial charge in [0.2, 0.25) is 0 Å². The van der Waals surface area contributed by atoms with Crippen LogP contribution in [0.1, 0.15) is 38.3 Å². The van der Waals surface area contributed by atoms with E-state index < -0.39 is 23.8 Å². The highest BCUT2D eigenvalue weighted by Crippen LogP contribution is 2.52. The van der Waals surface area contributed by atoms with Crippen molar-refractivity contribution in [3.8, 4) is 5.75 Å². The highest BCUT2D eigenvalue weighted by molar-refractivity contribution is 6.09. The van der Waals surface area contributed by atoms with Crippen LogP contribution in [0, 0.1) is 23.7 Å². The summed E-state index contributed by atoms with van der Waals surface area (Å²) in [5.41, 5.74) is 3.40. The van der Waals surface area contributed by atoms with Crippen LogP contribution in [0.3, 0.4) is 0 Å². The number of esters is 1. The van der Waals surface area contributed by atoms with Crippen molar-refractivity contribution in [3.63, 3.8) is 0 Å². The van der Waals surface area contributed by atoms with Gasteiger partial charge in [0, 0.05) is 10.8 Å². The number of fused-ring (bicyclic) bond motifs is 4. The molecule has 0 heterocycles. The van der Waals surface area contributed by atoms with Gasteiger partial charge in [-0.2, -0.15) is 0 Å². The normalized spacial score (nSPS) is 24.2. The molecule has 3 aromatic carbocycles. The Morgan fingerprint density at radius 2 is 1.72 bits per heavy atom. The standard InChI is InChI=1S/C28H28O4/c1-4-16-8-7-11-20-22(16)13-18-10-6-9-17(5-2)23(18)26(20)32-28(31)24-19-12-15(3)21(14-19)25(24)27(29)30/h6-13,19,21,24-25H,4-5,14H2,1-3H3,(H,29,30). The minimum Gasteiger partial charge on any atom is -0.481 e. The first-order valence-electron chi connectivity index (χ1n) is 11.5. The van der Waals surface area contributed by atoms with Crippen LogP contribution in [0.15, 0.2) is 54.1 Å². The number of benzene rings is 3. The van der Waals surface area contributed by atoms with Gasteiger partial charge in [0.1, 0.15) is 5.75 Å². The van der Waals surface area contributed by atoms with E-state index in [2.05, 4.69) is 44.2 Å². The van der Waals surface area contributed by atoms with Gasteiger partial charge < -0.3 is 9.84 Å². The molecule has 164 valence electrons. The lowest BCUT2D eigenvalue weighted by Gasteiger charge is -2.26. The maximum Gasteiger partial charge on any atom is 0.315 e. The maximum absolute atomic E-state index is 13.6. The Kier molecular flexibility index (Phi) is 5.04. The lowest BCUT2D eigenvalue weighted by Crippen LogP contribution is -2.36. The van der Waals surface area contributed by atoms with Gasteiger partial charge in [-0.05, 0) is 66.0 Å². The average Bonchev–Trinajstić information content (AvgIpc) is 3.35. The molecule has 4 heteroatoms. The Morgan fingerprint density at radius 1 is 1.00 bits per heavy atom. The van der Waals surface area contributed by atoms with Crippen molar-refractivity contribution >= 4 is 33.5 Å². The van der Waals surface area contributed by atoms with Crippen LogP contribution < -0.4 is 4.74 Å². The Morgan fingerprint density at radius 3 is 2.44 bits per heavy atom. The zero-order valence-electron chi connectivity index (χ0n) is 18.7. The summed E-state index contributed by atoms with van der Waals surface area (Å²) in [5.74, 6) is -2.25. The Bertz CT molecular complexity index is 1290. The number of carbonyl (C=O) groups is 2. The van der Waals surface area contributed by atoms with Gasteiger partial charge in [-0.15, -0.1) is 0 Å². The van der Waals surface area contributed by atoms with Gasteiger partial charge >= 0.3 is 11.9 Å². The molecule has 4 unspecified atom stereocenters. The van der Waals surface area contributed by atoms with Gasteiger partial charge in [0.25, 0.3) is 0 Å². The molecule has 0 aliphatic heterocycles. The molecule has 4 nitrogen and oxygen atoms in total. The second-order valence-electron chi connectivity index (χ2n) is 9.17. The van der Waals surface area contributed by atoms with Crippen LogP contribution in [0.2, 0.25) is 0 Å². The minimum absolute atomic E-state index is 0.0633. The van der Waals surface area contributed by atoms with Gasteiger partial charge in [-0.25, -0.2) is 0 Å². The van der Waals surface area contributed by atoms with Crippen LogP contribution in [-0.2, 0) is 22.4 Å². The molecule has 0 radical (unpaired) electrons. The number of allylic oxidation sites excluding steroid dienone is 2. The Labute approximate surface area is 187 Å². The molecular weight excluding hydrogens is 400 g/mol. The summed E-state index contributed by atoms with van der Waals surface area (Å²) in [4.78, 5) is 25.6. The molecule has 32 heavy (non-hydrogen) atoms. The summed E-state index contributed by atoms with van der Waals surface area (Å²) in [5, 5.41) is 13.9. The molecule has 5 rings (SSSR count). The second-order valence-corrected chi connectivity index (χ2v) is 9.17. The van der Waals surface area contributed by atoms with Gasteiger partial charge in [-0.3, -0.25) is 9.59 Å². The molecule has 1 saturated carbocycles. The lowest BCUT2D eigenvalue weighted by atomic mass is 9.80. The number of aryl methyl sites for hydroxylation is 2. The van der Waals surface area contributed by atoms with E-state index in [1.165, 1.54) is 5.56 Å². The fourth-order valence-electron chi connectivity index (χ4n) is 6.02. The summed E-state index contributed by atoms with van der Waals surface area (Å²) < 4.78 is 6.20. The zero-order chi connectivity index (χ0) is 22.6. The summed E-state index contributed by atoms with van der Waals surface area (Å²) >= 11 is 0. The van der Waals surface area contributed by atoms with Crippen LogP contribution >= 0.6 is 0 Å². The van der Waals surface area contributed by atoms with Crippen LogP contribution in [0.5, 0.6) is 5.75 Å². The van der Waals surface area contributed by atoms with E-state index in [1.54, 1.807) is 0 Å². The summed E-state index contributed by atoms with van der Waals surface area (Å²) in [6, 6.07) is 14.5. The van der Waals surface area contributed by atoms with E-state index in [0.29, 0.717) is 5.75 Å². The molecule has 0 amide bonds. The van der Waals surface area contributed by atoms with Crippen molar-refractivity contribution in [1.29, 1.82) is 0 Å². The van der Waals surface area contributed by atoms with E-state index in [1.807, 2.05) is 25.1 Å². The quantitative estimate of drug-likeness (QED) is 0.237. The summed E-state index contributed by atoms with van der Waals surface area (Å²) in [7, 11) is 0. The molecule has 2 aliphatic carbocycles. The molecule has 2 bridgehead atoms. The molecule has 1 fully saturated rings. The van der Waals surface area contributed by atoms with E-state index in [9.17, 15) is 14.7 Å². The van der Waals surface area contributed by atoms with Crippen LogP contribution in [0.4, 0.5) is 0 Å². The van der Waals surface area contributed by atoms with Crippen molar-refractivity contribution < 1.29 is 19.4 Å². The molecule has 2 aliphatic rings. The van der Waals surface area contributed by atoms with Crippen LogP contribution in [-0.4, -0.2) is 17.0 Å². The van der Waals surface area contributed by atoms with Crippen LogP contribution in [0.25, 0.3) is 21.5 Å². The highest BCUT2D eigenvalue weighted by Gasteiger charge is 2.54. The highest BCUT2D eigenvalue weighted by atomic mass is 16.5. The largest absolute Gasteiger partial charge is 0.481 e. The van der Waals surface area contributed by atoms with E-state index >= 15 is 0 Å². The van der Waals surface area contributed by atoms with Crippen molar-refractivity contribution in [2.24, 2.45) is 23.7 Å². The summed E-state index contributed by atoms with van der Waals surface area (Å²) in [6.45, 7) is 6.19. The third-order valence-corrected chi connectivity index (χ3v) is 7.54. The molecule has 3 aromatic rings. The zero-order valence-corrected chi connectivity index (χ0v) is 18.7. The number of ether oxygens (including phenoxy) is 1. The smallest absolute Gasteiger partial charge is 0.315 e. The molecular formula is C28H28O4. The Balaban J connectivity index is 1.68. The number of carbonyl (C=O) groups excluding carboxylic acids is 1. The first kappa shape index (κ1) is 20.7. The van der Waals surface area contributed by atoms with Crippen molar-refractivity contribution in [3.05, 3.63) is 65.2 Å². The first-order chi connectivity index (χ1) is 15.4. The molecule has 1 N–H and O–H groups in total. The number of hydrogen-bond donors (Lipinski definition) is 1.